The van der Waals surface area contributed by atoms with Crippen LogP contribution in [0.5, 0.6) is 0 Å². The Bertz CT molecular complexity index is 243. The Kier molecular flexibility index (Phi) is 8.40. The van der Waals surface area contributed by atoms with Crippen LogP contribution < -0.4 is 0 Å². The summed E-state index contributed by atoms with van der Waals surface area (Å²) in [7, 11) is 1.48. The largest absolute Gasteiger partial charge is 0.466 e. The van der Waals surface area contributed by atoms with Crippen LogP contribution in [0.15, 0.2) is 0 Å². The third-order valence-corrected chi connectivity index (χ3v) is 2.57. The lowest BCUT2D eigenvalue weighted by Crippen LogP contribution is -2.41. The van der Waals surface area contributed by atoms with Crippen LogP contribution in [0.4, 0.5) is 0 Å². The maximum absolute atomic E-state index is 11.8. The SMILES string of the molecule is CCOC(=O)CCN(C(=O)COC)C(C)CC. The fourth-order valence-corrected chi connectivity index (χ4v) is 1.46. The lowest BCUT2D eigenvalue weighted by atomic mass is 10.2. The molecular weight excluding hydrogens is 222 g/mol. The van der Waals surface area contributed by atoms with Gasteiger partial charge in [-0.1, -0.05) is 6.92 Å². The van der Waals surface area contributed by atoms with Crippen molar-refractivity contribution in [2.45, 2.75) is 39.7 Å². The van der Waals surface area contributed by atoms with E-state index in [1.165, 1.54) is 7.11 Å². The van der Waals surface area contributed by atoms with E-state index in [4.69, 9.17) is 9.47 Å². The van der Waals surface area contributed by atoms with Gasteiger partial charge in [-0.2, -0.15) is 0 Å². The molecule has 0 saturated heterocycles. The van der Waals surface area contributed by atoms with Crippen LogP contribution in [0.3, 0.4) is 0 Å². The molecule has 0 spiro atoms. The van der Waals surface area contributed by atoms with Gasteiger partial charge in [0, 0.05) is 19.7 Å². The van der Waals surface area contributed by atoms with Crippen molar-refractivity contribution >= 4 is 11.9 Å². The van der Waals surface area contributed by atoms with Gasteiger partial charge in [0.15, 0.2) is 0 Å². The number of methoxy groups -OCH3 is 1. The second-order valence-corrected chi connectivity index (χ2v) is 3.83. The van der Waals surface area contributed by atoms with Gasteiger partial charge in [-0.25, -0.2) is 0 Å². The fraction of sp³-hybridized carbons (Fsp3) is 0.833. The van der Waals surface area contributed by atoms with Crippen LogP contribution in [0.1, 0.15) is 33.6 Å². The molecule has 0 aromatic rings. The summed E-state index contributed by atoms with van der Waals surface area (Å²) in [5.74, 6) is -0.364. The van der Waals surface area contributed by atoms with E-state index in [0.717, 1.165) is 6.42 Å². The monoisotopic (exact) mass is 245 g/mol. The van der Waals surface area contributed by atoms with Gasteiger partial charge < -0.3 is 14.4 Å². The lowest BCUT2D eigenvalue weighted by Gasteiger charge is -2.28. The predicted octanol–water partition coefficient (Wildman–Crippen LogP) is 1.21. The Morgan fingerprint density at radius 1 is 1.29 bits per heavy atom. The molecule has 0 saturated carbocycles. The topological polar surface area (TPSA) is 55.8 Å². The highest BCUT2D eigenvalue weighted by atomic mass is 16.5. The highest BCUT2D eigenvalue weighted by molar-refractivity contribution is 5.78. The standard InChI is InChI=1S/C12H23NO4/c1-5-10(3)13(11(14)9-16-4)8-7-12(15)17-6-2/h10H,5-9H2,1-4H3. The predicted molar refractivity (Wildman–Crippen MR) is 64.6 cm³/mol. The van der Waals surface area contributed by atoms with E-state index >= 15 is 0 Å². The van der Waals surface area contributed by atoms with Crippen molar-refractivity contribution in [1.29, 1.82) is 0 Å². The molecular formula is C12H23NO4. The second kappa shape index (κ2) is 8.98. The van der Waals surface area contributed by atoms with Gasteiger partial charge in [0.2, 0.25) is 5.91 Å². The van der Waals surface area contributed by atoms with Gasteiger partial charge in [-0.05, 0) is 20.3 Å². The molecule has 0 bridgehead atoms. The first kappa shape index (κ1) is 15.9. The minimum atomic E-state index is -0.272. The lowest BCUT2D eigenvalue weighted by molar-refractivity contribution is -0.145. The Hall–Kier alpha value is -1.10. The van der Waals surface area contributed by atoms with Gasteiger partial charge in [0.1, 0.15) is 6.61 Å². The molecule has 0 radical (unpaired) electrons. The van der Waals surface area contributed by atoms with Crippen molar-refractivity contribution in [3.63, 3.8) is 0 Å². The van der Waals surface area contributed by atoms with Crippen molar-refractivity contribution in [3.05, 3.63) is 0 Å². The fourth-order valence-electron chi connectivity index (χ4n) is 1.46. The number of ether oxygens (including phenoxy) is 2. The van der Waals surface area contributed by atoms with Gasteiger partial charge in [-0.3, -0.25) is 9.59 Å². The molecule has 0 aliphatic rings. The van der Waals surface area contributed by atoms with Crippen LogP contribution in [-0.2, 0) is 19.1 Å². The average molecular weight is 245 g/mol. The molecule has 5 heteroatoms. The summed E-state index contributed by atoms with van der Waals surface area (Å²) in [6, 6.07) is 0.104. The number of hydrogen-bond donors (Lipinski definition) is 0. The second-order valence-electron chi connectivity index (χ2n) is 3.83. The molecule has 0 aromatic heterocycles. The van der Waals surface area contributed by atoms with Gasteiger partial charge in [0.05, 0.1) is 13.0 Å². The zero-order valence-electron chi connectivity index (χ0n) is 11.2. The molecule has 0 rings (SSSR count). The maximum Gasteiger partial charge on any atom is 0.307 e. The van der Waals surface area contributed by atoms with E-state index in [1.54, 1.807) is 11.8 Å². The minimum absolute atomic E-state index is 0.0488. The number of esters is 1. The zero-order chi connectivity index (χ0) is 13.3. The maximum atomic E-state index is 11.8. The molecule has 100 valence electrons. The molecule has 0 fully saturated rings. The van der Waals surface area contributed by atoms with Gasteiger partial charge in [-0.15, -0.1) is 0 Å². The Morgan fingerprint density at radius 2 is 1.94 bits per heavy atom. The van der Waals surface area contributed by atoms with Gasteiger partial charge >= 0.3 is 5.97 Å². The van der Waals surface area contributed by atoms with E-state index in [0.29, 0.717) is 13.2 Å². The Labute approximate surface area is 103 Å². The molecule has 0 aliphatic heterocycles. The van der Waals surface area contributed by atoms with Crippen molar-refractivity contribution in [1.82, 2.24) is 4.90 Å². The first-order valence-corrected chi connectivity index (χ1v) is 6.00. The number of hydrogen-bond acceptors (Lipinski definition) is 4. The summed E-state index contributed by atoms with van der Waals surface area (Å²) in [4.78, 5) is 24.7. The van der Waals surface area contributed by atoms with E-state index in [9.17, 15) is 9.59 Å². The summed E-state index contributed by atoms with van der Waals surface area (Å²) in [6.07, 6.45) is 1.08. The molecule has 0 heterocycles. The Balaban J connectivity index is 4.29. The highest BCUT2D eigenvalue weighted by Gasteiger charge is 2.19. The quantitative estimate of drug-likeness (QED) is 0.603. The molecule has 1 unspecified atom stereocenters. The zero-order valence-corrected chi connectivity index (χ0v) is 11.2. The van der Waals surface area contributed by atoms with Crippen LogP contribution in [-0.4, -0.2) is 49.7 Å². The van der Waals surface area contributed by atoms with E-state index < -0.39 is 0 Å². The molecule has 1 atom stereocenters. The number of nitrogens with zero attached hydrogens (tertiary/aromatic N) is 1. The van der Waals surface area contributed by atoms with Crippen molar-refractivity contribution in [2.75, 3.05) is 26.9 Å². The molecule has 0 N–H and O–H groups in total. The van der Waals surface area contributed by atoms with Crippen molar-refractivity contribution < 1.29 is 19.1 Å². The van der Waals surface area contributed by atoms with Crippen molar-refractivity contribution in [2.24, 2.45) is 0 Å². The van der Waals surface area contributed by atoms with Crippen LogP contribution in [0.2, 0.25) is 0 Å². The normalized spacial score (nSPS) is 12.0. The number of rotatable bonds is 8. The average Bonchev–Trinajstić information content (AvgIpc) is 2.29. The first-order valence-electron chi connectivity index (χ1n) is 6.00. The van der Waals surface area contributed by atoms with Crippen molar-refractivity contribution in [3.8, 4) is 0 Å². The summed E-state index contributed by atoms with van der Waals surface area (Å²) < 4.78 is 9.66. The molecule has 17 heavy (non-hydrogen) atoms. The van der Waals surface area contributed by atoms with Crippen LogP contribution in [0.25, 0.3) is 0 Å². The minimum Gasteiger partial charge on any atom is -0.466 e. The molecule has 5 nitrogen and oxygen atoms in total. The van der Waals surface area contributed by atoms with Crippen LogP contribution >= 0.6 is 0 Å². The summed E-state index contributed by atoms with van der Waals surface area (Å²) >= 11 is 0. The number of carbonyl (C=O) groups excluding carboxylic acids is 2. The summed E-state index contributed by atoms with van der Waals surface area (Å²) in [5.41, 5.74) is 0. The van der Waals surface area contributed by atoms with Crippen LogP contribution in [0, 0.1) is 0 Å². The molecule has 0 aromatic carbocycles. The Morgan fingerprint density at radius 3 is 2.41 bits per heavy atom. The van der Waals surface area contributed by atoms with E-state index in [2.05, 4.69) is 0 Å². The first-order chi connectivity index (χ1) is 8.06. The molecule has 0 aliphatic carbocycles. The van der Waals surface area contributed by atoms with E-state index in [1.807, 2.05) is 13.8 Å². The van der Waals surface area contributed by atoms with E-state index in [-0.39, 0.29) is 30.9 Å². The highest BCUT2D eigenvalue weighted by Crippen LogP contribution is 2.06. The third-order valence-electron chi connectivity index (χ3n) is 2.57. The number of amides is 1. The molecule has 1 amide bonds. The number of carbonyl (C=O) groups is 2. The summed E-state index contributed by atoms with van der Waals surface area (Å²) in [6.45, 7) is 6.53. The summed E-state index contributed by atoms with van der Waals surface area (Å²) in [5, 5.41) is 0. The third kappa shape index (κ3) is 6.26. The smallest absolute Gasteiger partial charge is 0.307 e. The van der Waals surface area contributed by atoms with Gasteiger partial charge in [0.25, 0.3) is 0 Å².